The zero-order valence-corrected chi connectivity index (χ0v) is 13.2. The van der Waals surface area contributed by atoms with Crippen molar-refractivity contribution in [3.63, 3.8) is 0 Å². The molecule has 0 radical (unpaired) electrons. The Morgan fingerprint density at radius 1 is 1.57 bits per heavy atom. The zero-order valence-electron chi connectivity index (χ0n) is 13.2. The SMILES string of the molecule is CCNC(c1c(OC)cnn1C)C1CN2CCCC2CO1. The van der Waals surface area contributed by atoms with E-state index in [4.69, 9.17) is 9.47 Å². The van der Waals surface area contributed by atoms with Gasteiger partial charge in [-0.25, -0.2) is 0 Å². The summed E-state index contributed by atoms with van der Waals surface area (Å²) in [6.07, 6.45) is 4.49. The van der Waals surface area contributed by atoms with Gasteiger partial charge >= 0.3 is 0 Å². The van der Waals surface area contributed by atoms with Gasteiger partial charge < -0.3 is 14.8 Å². The molecule has 21 heavy (non-hydrogen) atoms. The van der Waals surface area contributed by atoms with Crippen molar-refractivity contribution >= 4 is 0 Å². The maximum atomic E-state index is 6.18. The Hall–Kier alpha value is -1.11. The Bertz CT molecular complexity index is 476. The second kappa shape index (κ2) is 6.34. The van der Waals surface area contributed by atoms with Crippen LogP contribution in [0.25, 0.3) is 0 Å². The molecule has 0 bridgehead atoms. The summed E-state index contributed by atoms with van der Waals surface area (Å²) < 4.78 is 13.6. The highest BCUT2D eigenvalue weighted by molar-refractivity contribution is 5.29. The summed E-state index contributed by atoms with van der Waals surface area (Å²) in [4.78, 5) is 2.57. The van der Waals surface area contributed by atoms with Gasteiger partial charge in [0.1, 0.15) is 0 Å². The van der Waals surface area contributed by atoms with Gasteiger partial charge in [-0.1, -0.05) is 6.92 Å². The van der Waals surface area contributed by atoms with Gasteiger partial charge in [-0.3, -0.25) is 9.58 Å². The highest BCUT2D eigenvalue weighted by Gasteiger charge is 2.38. The molecule has 3 rings (SSSR count). The number of nitrogens with zero attached hydrogens (tertiary/aromatic N) is 3. The lowest BCUT2D eigenvalue weighted by atomic mass is 10.0. The molecule has 1 aromatic heterocycles. The van der Waals surface area contributed by atoms with Gasteiger partial charge in [0.15, 0.2) is 5.75 Å². The van der Waals surface area contributed by atoms with Crippen molar-refractivity contribution < 1.29 is 9.47 Å². The minimum atomic E-state index is 0.110. The van der Waals surface area contributed by atoms with Crippen LogP contribution < -0.4 is 10.1 Å². The summed E-state index contributed by atoms with van der Waals surface area (Å²) in [5.74, 6) is 0.829. The summed E-state index contributed by atoms with van der Waals surface area (Å²) in [7, 11) is 3.66. The van der Waals surface area contributed by atoms with Crippen molar-refractivity contribution in [3.8, 4) is 5.75 Å². The third-order valence-electron chi connectivity index (χ3n) is 4.68. The lowest BCUT2D eigenvalue weighted by Gasteiger charge is -2.39. The number of aryl methyl sites for hydroxylation is 1. The van der Waals surface area contributed by atoms with Gasteiger partial charge in [0.25, 0.3) is 0 Å². The Morgan fingerprint density at radius 2 is 2.43 bits per heavy atom. The molecule has 2 aliphatic heterocycles. The summed E-state index contributed by atoms with van der Waals surface area (Å²) in [5.41, 5.74) is 1.07. The Morgan fingerprint density at radius 3 is 3.19 bits per heavy atom. The van der Waals surface area contributed by atoms with Crippen molar-refractivity contribution in [2.24, 2.45) is 7.05 Å². The van der Waals surface area contributed by atoms with E-state index in [-0.39, 0.29) is 12.1 Å². The molecule has 0 spiro atoms. The van der Waals surface area contributed by atoms with Crippen molar-refractivity contribution in [1.82, 2.24) is 20.0 Å². The van der Waals surface area contributed by atoms with Gasteiger partial charge in [-0.2, -0.15) is 5.10 Å². The predicted octanol–water partition coefficient (Wildman–Crippen LogP) is 0.943. The molecular weight excluding hydrogens is 268 g/mol. The zero-order chi connectivity index (χ0) is 14.8. The van der Waals surface area contributed by atoms with Gasteiger partial charge in [-0.05, 0) is 25.9 Å². The van der Waals surface area contributed by atoms with E-state index in [0.717, 1.165) is 31.1 Å². The highest BCUT2D eigenvalue weighted by Crippen LogP contribution is 2.32. The standard InChI is InChI=1S/C15H26N4O2/c1-4-16-14(15-12(20-3)8-17-18(15)2)13-9-19-7-5-6-11(19)10-21-13/h8,11,13-14,16H,4-7,9-10H2,1-3H3. The third-order valence-corrected chi connectivity index (χ3v) is 4.68. The van der Waals surface area contributed by atoms with Crippen LogP contribution in [0.5, 0.6) is 5.75 Å². The first-order valence-electron chi connectivity index (χ1n) is 7.89. The fraction of sp³-hybridized carbons (Fsp3) is 0.800. The number of rotatable bonds is 5. The first-order valence-corrected chi connectivity index (χ1v) is 7.89. The molecule has 1 N–H and O–H groups in total. The molecule has 2 aliphatic rings. The lowest BCUT2D eigenvalue weighted by Crippen LogP contribution is -2.51. The van der Waals surface area contributed by atoms with Gasteiger partial charge in [0.2, 0.25) is 0 Å². The molecule has 0 amide bonds. The Balaban J connectivity index is 1.82. The smallest absolute Gasteiger partial charge is 0.161 e. The van der Waals surface area contributed by atoms with E-state index >= 15 is 0 Å². The van der Waals surface area contributed by atoms with Crippen LogP contribution in [0.2, 0.25) is 0 Å². The second-order valence-corrected chi connectivity index (χ2v) is 5.92. The molecule has 2 saturated heterocycles. The second-order valence-electron chi connectivity index (χ2n) is 5.92. The maximum Gasteiger partial charge on any atom is 0.161 e. The van der Waals surface area contributed by atoms with E-state index in [0.29, 0.717) is 6.04 Å². The maximum absolute atomic E-state index is 6.18. The molecule has 1 aromatic rings. The van der Waals surface area contributed by atoms with Gasteiger partial charge in [-0.15, -0.1) is 0 Å². The average Bonchev–Trinajstić information content (AvgIpc) is 3.10. The average molecular weight is 294 g/mol. The lowest BCUT2D eigenvalue weighted by molar-refractivity contribution is -0.0664. The van der Waals surface area contributed by atoms with Crippen molar-refractivity contribution in [1.29, 1.82) is 0 Å². The third kappa shape index (κ3) is 2.80. The molecule has 6 nitrogen and oxygen atoms in total. The number of nitrogens with one attached hydrogen (secondary N) is 1. The van der Waals surface area contributed by atoms with Crippen molar-refractivity contribution in [2.75, 3.05) is 33.4 Å². The van der Waals surface area contributed by atoms with Crippen LogP contribution in [0, 0.1) is 0 Å². The first kappa shape index (κ1) is 14.8. The van der Waals surface area contributed by atoms with Crippen molar-refractivity contribution in [2.45, 2.75) is 38.0 Å². The highest BCUT2D eigenvalue weighted by atomic mass is 16.5. The quantitative estimate of drug-likeness (QED) is 0.876. The van der Waals surface area contributed by atoms with Crippen LogP contribution in [-0.4, -0.2) is 60.2 Å². The van der Waals surface area contributed by atoms with Crippen LogP contribution in [0.3, 0.4) is 0 Å². The minimum absolute atomic E-state index is 0.110. The van der Waals surface area contributed by atoms with Gasteiger partial charge in [0.05, 0.1) is 37.8 Å². The van der Waals surface area contributed by atoms with E-state index in [1.54, 1.807) is 13.3 Å². The summed E-state index contributed by atoms with van der Waals surface area (Å²) in [6, 6.07) is 0.732. The van der Waals surface area contributed by atoms with E-state index in [1.807, 2.05) is 11.7 Å². The topological polar surface area (TPSA) is 51.5 Å². The van der Waals surface area contributed by atoms with Crippen LogP contribution in [0.1, 0.15) is 31.5 Å². The number of likely N-dealkylation sites (N-methyl/N-ethyl adjacent to an activating group) is 1. The molecule has 0 aromatic carbocycles. The predicted molar refractivity (Wildman–Crippen MR) is 80.5 cm³/mol. The molecule has 2 fully saturated rings. The van der Waals surface area contributed by atoms with E-state index in [9.17, 15) is 0 Å². The molecule has 3 atom stereocenters. The minimum Gasteiger partial charge on any atom is -0.493 e. The normalized spacial score (nSPS) is 27.6. The molecule has 118 valence electrons. The first-order chi connectivity index (χ1) is 10.2. The van der Waals surface area contributed by atoms with E-state index < -0.39 is 0 Å². The summed E-state index contributed by atoms with van der Waals surface area (Å²) in [5, 5.41) is 7.89. The summed E-state index contributed by atoms with van der Waals surface area (Å²) >= 11 is 0. The molecule has 6 heteroatoms. The fourth-order valence-electron chi connectivity index (χ4n) is 3.61. The van der Waals surface area contributed by atoms with Gasteiger partial charge in [0, 0.05) is 19.6 Å². The fourth-order valence-corrected chi connectivity index (χ4v) is 3.61. The number of aromatic nitrogens is 2. The number of methoxy groups -OCH3 is 1. The molecule has 3 unspecified atom stereocenters. The van der Waals surface area contributed by atoms with Crippen LogP contribution >= 0.6 is 0 Å². The monoisotopic (exact) mass is 294 g/mol. The number of fused-ring (bicyclic) bond motifs is 1. The molecular formula is C15H26N4O2. The Labute approximate surface area is 126 Å². The van der Waals surface area contributed by atoms with E-state index in [1.165, 1.54) is 19.4 Å². The molecule has 0 saturated carbocycles. The largest absolute Gasteiger partial charge is 0.493 e. The Kier molecular flexibility index (Phi) is 4.47. The number of hydrogen-bond donors (Lipinski definition) is 1. The van der Waals surface area contributed by atoms with E-state index in [2.05, 4.69) is 22.2 Å². The molecule has 3 heterocycles. The van der Waals surface area contributed by atoms with Crippen LogP contribution in [-0.2, 0) is 11.8 Å². The number of hydrogen-bond acceptors (Lipinski definition) is 5. The number of ether oxygens (including phenoxy) is 2. The molecule has 0 aliphatic carbocycles. The van der Waals surface area contributed by atoms with Crippen molar-refractivity contribution in [3.05, 3.63) is 11.9 Å². The van der Waals surface area contributed by atoms with Crippen LogP contribution in [0.15, 0.2) is 6.20 Å². The number of morpholine rings is 1. The van der Waals surface area contributed by atoms with Crippen LogP contribution in [0.4, 0.5) is 0 Å². The summed E-state index contributed by atoms with van der Waals surface area (Å²) in [6.45, 7) is 6.04.